The number of benzene rings is 1. The molecule has 1 aliphatic rings. The summed E-state index contributed by atoms with van der Waals surface area (Å²) in [5.74, 6) is 2.28. The molecule has 1 aliphatic heterocycles. The van der Waals surface area contributed by atoms with Crippen molar-refractivity contribution >= 4 is 34.0 Å². The molecule has 0 spiro atoms. The summed E-state index contributed by atoms with van der Waals surface area (Å²) >= 11 is 6.14. The van der Waals surface area contributed by atoms with E-state index in [1.54, 1.807) is 12.5 Å². The molecular formula is C16H14ClN7O. The SMILES string of the molecule is OCc1nnc2n1CCN(c1nc3ccc(Cl)cc3n3cncc13)C2. The molecule has 1 aromatic carbocycles. The van der Waals surface area contributed by atoms with Gasteiger partial charge < -0.3 is 14.6 Å². The van der Waals surface area contributed by atoms with Gasteiger partial charge in [0.1, 0.15) is 12.1 Å². The van der Waals surface area contributed by atoms with Gasteiger partial charge >= 0.3 is 0 Å². The predicted molar refractivity (Wildman–Crippen MR) is 92.5 cm³/mol. The number of hydrogen-bond donors (Lipinski definition) is 1. The Hall–Kier alpha value is -2.71. The highest BCUT2D eigenvalue weighted by Crippen LogP contribution is 2.28. The molecular weight excluding hydrogens is 342 g/mol. The van der Waals surface area contributed by atoms with E-state index >= 15 is 0 Å². The van der Waals surface area contributed by atoms with Crippen LogP contribution in [0.25, 0.3) is 16.6 Å². The van der Waals surface area contributed by atoms with Crippen LogP contribution in [0.2, 0.25) is 5.02 Å². The van der Waals surface area contributed by atoms with Crippen molar-refractivity contribution in [1.29, 1.82) is 0 Å². The molecule has 3 aromatic heterocycles. The Bertz CT molecular complexity index is 1100. The predicted octanol–water partition coefficient (Wildman–Crippen LogP) is 1.64. The monoisotopic (exact) mass is 355 g/mol. The molecule has 0 radical (unpaired) electrons. The molecule has 5 rings (SSSR count). The third-order valence-corrected chi connectivity index (χ3v) is 4.80. The number of anilines is 1. The maximum Gasteiger partial charge on any atom is 0.158 e. The minimum atomic E-state index is -0.102. The average molecular weight is 356 g/mol. The van der Waals surface area contributed by atoms with E-state index in [1.165, 1.54) is 0 Å². The van der Waals surface area contributed by atoms with Crippen LogP contribution < -0.4 is 4.90 Å². The fraction of sp³-hybridized carbons (Fsp3) is 0.250. The van der Waals surface area contributed by atoms with Gasteiger partial charge in [0.15, 0.2) is 17.5 Å². The summed E-state index contributed by atoms with van der Waals surface area (Å²) in [5.41, 5.74) is 2.70. The van der Waals surface area contributed by atoms with Gasteiger partial charge in [0, 0.05) is 18.1 Å². The first-order valence-electron chi connectivity index (χ1n) is 7.92. The highest BCUT2D eigenvalue weighted by atomic mass is 35.5. The minimum Gasteiger partial charge on any atom is -0.388 e. The zero-order valence-electron chi connectivity index (χ0n) is 13.2. The molecule has 0 atom stereocenters. The van der Waals surface area contributed by atoms with Crippen LogP contribution in [0.3, 0.4) is 0 Å². The Labute approximate surface area is 147 Å². The van der Waals surface area contributed by atoms with Crippen molar-refractivity contribution in [2.75, 3.05) is 11.4 Å². The van der Waals surface area contributed by atoms with E-state index in [2.05, 4.69) is 20.1 Å². The summed E-state index contributed by atoms with van der Waals surface area (Å²) in [7, 11) is 0. The third kappa shape index (κ3) is 2.18. The van der Waals surface area contributed by atoms with Crippen molar-refractivity contribution in [2.45, 2.75) is 19.7 Å². The Balaban J connectivity index is 1.65. The van der Waals surface area contributed by atoms with Gasteiger partial charge in [-0.2, -0.15) is 0 Å². The first-order chi connectivity index (χ1) is 12.2. The molecule has 0 aliphatic carbocycles. The maximum atomic E-state index is 9.35. The Morgan fingerprint density at radius 2 is 2.08 bits per heavy atom. The summed E-state index contributed by atoms with van der Waals surface area (Å²) in [6.07, 6.45) is 3.58. The zero-order chi connectivity index (χ0) is 17.0. The first-order valence-corrected chi connectivity index (χ1v) is 8.30. The average Bonchev–Trinajstić information content (AvgIpc) is 3.27. The molecule has 4 aromatic rings. The number of fused-ring (bicyclic) bond motifs is 4. The van der Waals surface area contributed by atoms with Crippen LogP contribution in [-0.4, -0.2) is 40.8 Å². The van der Waals surface area contributed by atoms with E-state index in [-0.39, 0.29) is 6.61 Å². The van der Waals surface area contributed by atoms with Crippen molar-refractivity contribution in [2.24, 2.45) is 0 Å². The summed E-state index contributed by atoms with van der Waals surface area (Å²) in [5, 5.41) is 18.2. The maximum absolute atomic E-state index is 9.35. The van der Waals surface area contributed by atoms with Gasteiger partial charge in [0.05, 0.1) is 30.1 Å². The lowest BCUT2D eigenvalue weighted by molar-refractivity contribution is 0.263. The Morgan fingerprint density at radius 3 is 2.96 bits per heavy atom. The van der Waals surface area contributed by atoms with Crippen LogP contribution in [0, 0.1) is 0 Å². The van der Waals surface area contributed by atoms with Crippen LogP contribution in [0.5, 0.6) is 0 Å². The number of hydrogen-bond acceptors (Lipinski definition) is 6. The van der Waals surface area contributed by atoms with Crippen LogP contribution in [-0.2, 0) is 19.7 Å². The highest BCUT2D eigenvalue weighted by Gasteiger charge is 2.24. The lowest BCUT2D eigenvalue weighted by atomic mass is 10.2. The molecule has 0 saturated carbocycles. The van der Waals surface area contributed by atoms with E-state index in [0.29, 0.717) is 23.9 Å². The van der Waals surface area contributed by atoms with Gasteiger partial charge in [0.2, 0.25) is 0 Å². The molecule has 4 heterocycles. The van der Waals surface area contributed by atoms with Gasteiger partial charge in [-0.25, -0.2) is 9.97 Å². The topological polar surface area (TPSA) is 84.4 Å². The fourth-order valence-electron chi connectivity index (χ4n) is 3.36. The second kappa shape index (κ2) is 5.40. The van der Waals surface area contributed by atoms with E-state index in [1.807, 2.05) is 27.2 Å². The summed E-state index contributed by atoms with van der Waals surface area (Å²) in [6, 6.07) is 5.64. The Kier molecular flexibility index (Phi) is 3.16. The van der Waals surface area contributed by atoms with E-state index in [9.17, 15) is 5.11 Å². The first kappa shape index (κ1) is 14.6. The lowest BCUT2D eigenvalue weighted by Crippen LogP contribution is -2.35. The third-order valence-electron chi connectivity index (χ3n) is 4.56. The van der Waals surface area contributed by atoms with E-state index < -0.39 is 0 Å². The Morgan fingerprint density at radius 1 is 1.16 bits per heavy atom. The molecule has 0 unspecified atom stereocenters. The molecule has 0 fully saturated rings. The molecule has 25 heavy (non-hydrogen) atoms. The zero-order valence-corrected chi connectivity index (χ0v) is 13.9. The smallest absolute Gasteiger partial charge is 0.158 e. The van der Waals surface area contributed by atoms with Crippen molar-refractivity contribution < 1.29 is 5.11 Å². The molecule has 1 N–H and O–H groups in total. The number of imidazole rings is 1. The number of rotatable bonds is 2. The molecule has 0 bridgehead atoms. The van der Waals surface area contributed by atoms with Gasteiger partial charge in [0.25, 0.3) is 0 Å². The number of nitrogens with zero attached hydrogens (tertiary/aromatic N) is 7. The van der Waals surface area contributed by atoms with E-state index in [4.69, 9.17) is 16.6 Å². The van der Waals surface area contributed by atoms with Gasteiger partial charge in [-0.05, 0) is 18.2 Å². The van der Waals surface area contributed by atoms with Crippen LogP contribution in [0.1, 0.15) is 11.6 Å². The summed E-state index contributed by atoms with van der Waals surface area (Å²) in [6.45, 7) is 1.94. The standard InChI is InChI=1S/C16H14ClN7O/c17-10-1-2-11-12(5-10)24-9-18-6-13(24)16(19-11)22-3-4-23-14(7-22)20-21-15(23)8-25/h1-2,5-6,9,25H,3-4,7-8H2. The van der Waals surface area contributed by atoms with Gasteiger partial charge in [-0.1, -0.05) is 11.6 Å². The van der Waals surface area contributed by atoms with Crippen LogP contribution in [0.15, 0.2) is 30.7 Å². The van der Waals surface area contributed by atoms with Crippen molar-refractivity contribution in [3.05, 3.63) is 47.4 Å². The van der Waals surface area contributed by atoms with Crippen molar-refractivity contribution in [3.63, 3.8) is 0 Å². The minimum absolute atomic E-state index is 0.102. The fourth-order valence-corrected chi connectivity index (χ4v) is 3.52. The quantitative estimate of drug-likeness (QED) is 0.588. The lowest BCUT2D eigenvalue weighted by Gasteiger charge is -2.29. The van der Waals surface area contributed by atoms with Crippen molar-refractivity contribution in [3.8, 4) is 0 Å². The van der Waals surface area contributed by atoms with Gasteiger partial charge in [-0.3, -0.25) is 4.40 Å². The second-order valence-corrected chi connectivity index (χ2v) is 6.42. The highest BCUT2D eigenvalue weighted by molar-refractivity contribution is 6.31. The van der Waals surface area contributed by atoms with E-state index in [0.717, 1.165) is 34.7 Å². The van der Waals surface area contributed by atoms with Crippen molar-refractivity contribution in [1.82, 2.24) is 29.1 Å². The van der Waals surface area contributed by atoms with Crippen LogP contribution in [0.4, 0.5) is 5.82 Å². The second-order valence-electron chi connectivity index (χ2n) is 5.98. The molecule has 0 saturated heterocycles. The molecule has 8 nitrogen and oxygen atoms in total. The number of aromatic nitrogens is 6. The number of aliphatic hydroxyl groups excluding tert-OH is 1. The number of halogens is 1. The normalized spacial score (nSPS) is 14.4. The largest absolute Gasteiger partial charge is 0.388 e. The molecule has 126 valence electrons. The molecule has 9 heteroatoms. The molecule has 0 amide bonds. The number of aliphatic hydroxyl groups is 1. The summed E-state index contributed by atoms with van der Waals surface area (Å²) in [4.78, 5) is 11.3. The van der Waals surface area contributed by atoms with Crippen LogP contribution >= 0.6 is 11.6 Å². The summed E-state index contributed by atoms with van der Waals surface area (Å²) < 4.78 is 3.97. The van der Waals surface area contributed by atoms with Gasteiger partial charge in [-0.15, -0.1) is 10.2 Å².